The van der Waals surface area contributed by atoms with Crippen molar-refractivity contribution in [1.82, 2.24) is 20.0 Å². The number of nitrogens with zero attached hydrogens (tertiary/aromatic N) is 4. The molecule has 0 aliphatic carbocycles. The molecule has 3 aromatic rings. The zero-order chi connectivity index (χ0) is 39.9. The minimum Gasteiger partial charge on any atom is -0.507 e. The molecule has 1 spiro atoms. The third-order valence-corrected chi connectivity index (χ3v) is 13.8. The molecule has 5 heterocycles. The number of likely N-dealkylation sites (tertiary alicyclic amines) is 3. The summed E-state index contributed by atoms with van der Waals surface area (Å²) in [5, 5.41) is 13.7. The van der Waals surface area contributed by atoms with Crippen LogP contribution in [0.15, 0.2) is 84.7 Å². The van der Waals surface area contributed by atoms with Crippen molar-refractivity contribution >= 4 is 52.3 Å². The Morgan fingerprint density at radius 2 is 1.58 bits per heavy atom. The van der Waals surface area contributed by atoms with Crippen LogP contribution in [0.2, 0.25) is 10.0 Å². The minimum atomic E-state index is -0.748. The lowest BCUT2D eigenvalue weighted by molar-refractivity contribution is -0.167. The second-order valence-corrected chi connectivity index (χ2v) is 17.6. The number of nitrogens with one attached hydrogen (secondary N) is 1. The number of carbonyl (C=O) groups is 3. The molecule has 57 heavy (non-hydrogen) atoms. The SMILES string of the molecule is N/C=C(\C=C(/N)c1ccccc1O)N1CCC(C(=O)N2CC3(CN(CC4CCN(c5ccc(C6CCC(=O)NC6=O)cc5)CC4)C3)C2)(c2ccc(Cl)c(Cl)c2)CC1. The fraction of sp³-hybridized carbons (Fsp3) is 0.432. The Morgan fingerprint density at radius 3 is 2.23 bits per heavy atom. The number of benzene rings is 3. The average molecular weight is 813 g/mol. The van der Waals surface area contributed by atoms with E-state index in [-0.39, 0.29) is 34.8 Å². The van der Waals surface area contributed by atoms with Gasteiger partial charge < -0.3 is 36.2 Å². The smallest absolute Gasteiger partial charge is 0.234 e. The summed E-state index contributed by atoms with van der Waals surface area (Å²) in [6.45, 7) is 7.80. The highest BCUT2D eigenvalue weighted by Gasteiger charge is 2.57. The average Bonchev–Trinajstić information content (AvgIpc) is 3.18. The number of phenolic OH excluding ortho intramolecular Hbond substituents is 1. The van der Waals surface area contributed by atoms with Crippen molar-refractivity contribution in [3.63, 3.8) is 0 Å². The number of aromatic hydroxyl groups is 1. The Labute approximate surface area is 344 Å². The molecule has 6 N–H and O–H groups in total. The van der Waals surface area contributed by atoms with Crippen LogP contribution in [0.1, 0.15) is 61.1 Å². The van der Waals surface area contributed by atoms with Gasteiger partial charge in [0.2, 0.25) is 17.7 Å². The number of para-hydroxylation sites is 1. The molecule has 3 aromatic carbocycles. The van der Waals surface area contributed by atoms with Gasteiger partial charge in [-0.25, -0.2) is 0 Å². The Balaban J connectivity index is 0.845. The number of halogens is 2. The summed E-state index contributed by atoms with van der Waals surface area (Å²) in [6, 6.07) is 20.8. The molecule has 5 aliphatic heterocycles. The second kappa shape index (κ2) is 15.9. The Morgan fingerprint density at radius 1 is 0.877 bits per heavy atom. The lowest BCUT2D eigenvalue weighted by atomic mass is 9.67. The Bertz CT molecular complexity index is 2080. The van der Waals surface area contributed by atoms with Crippen LogP contribution in [0.25, 0.3) is 5.70 Å². The number of hydrogen-bond acceptors (Lipinski definition) is 9. The molecule has 0 radical (unpaired) electrons. The van der Waals surface area contributed by atoms with Crippen LogP contribution in [-0.2, 0) is 19.8 Å². The third kappa shape index (κ3) is 7.81. The van der Waals surface area contributed by atoms with Gasteiger partial charge >= 0.3 is 0 Å². The number of nitrogens with two attached hydrogens (primary N) is 2. The molecule has 3 amide bonds. The summed E-state index contributed by atoms with van der Waals surface area (Å²) in [6.07, 6.45) is 7.65. The molecule has 5 saturated heterocycles. The molecule has 13 heteroatoms. The molecule has 300 valence electrons. The van der Waals surface area contributed by atoms with Gasteiger partial charge in [-0.1, -0.05) is 53.5 Å². The lowest BCUT2D eigenvalue weighted by Crippen LogP contribution is -2.74. The molecule has 5 fully saturated rings. The molecule has 1 unspecified atom stereocenters. The zero-order valence-corrected chi connectivity index (χ0v) is 33.7. The van der Waals surface area contributed by atoms with Gasteiger partial charge in [-0.2, -0.15) is 0 Å². The summed E-state index contributed by atoms with van der Waals surface area (Å²) in [5.41, 5.74) is 16.6. The molecule has 8 rings (SSSR count). The number of hydrogen-bond donors (Lipinski definition) is 4. The largest absolute Gasteiger partial charge is 0.507 e. The predicted molar refractivity (Wildman–Crippen MR) is 223 cm³/mol. The molecular weight excluding hydrogens is 761 g/mol. The first-order valence-corrected chi connectivity index (χ1v) is 20.8. The molecule has 0 saturated carbocycles. The molecule has 0 aromatic heterocycles. The zero-order valence-electron chi connectivity index (χ0n) is 32.1. The predicted octanol–water partition coefficient (Wildman–Crippen LogP) is 5.41. The summed E-state index contributed by atoms with van der Waals surface area (Å²) < 4.78 is 0. The fourth-order valence-corrected chi connectivity index (χ4v) is 10.2. The maximum atomic E-state index is 14.6. The normalized spacial score (nSPS) is 22.9. The Kier molecular flexibility index (Phi) is 10.9. The van der Waals surface area contributed by atoms with Gasteiger partial charge in [-0.05, 0) is 91.6 Å². The van der Waals surface area contributed by atoms with Gasteiger partial charge in [0, 0.05) is 93.9 Å². The van der Waals surface area contributed by atoms with Crippen LogP contribution < -0.4 is 21.7 Å². The van der Waals surface area contributed by atoms with Crippen molar-refractivity contribution in [2.75, 3.05) is 63.8 Å². The van der Waals surface area contributed by atoms with Crippen LogP contribution in [0.4, 0.5) is 5.69 Å². The second-order valence-electron chi connectivity index (χ2n) is 16.8. The number of imide groups is 1. The van der Waals surface area contributed by atoms with Crippen LogP contribution in [-0.4, -0.2) is 96.4 Å². The standard InChI is InChI=1S/C44H51Cl2N7O4/c45-36-11-7-31(21-37(36)46)44(15-19-52(20-16-44)33(23-47)22-38(48)35-3-1-2-4-39(35)54)42(57)53-27-43(28-53)25-50(26-43)24-29-13-17-51(18-14-29)32-8-5-30(6-9-32)34-10-12-40(55)49-41(34)56/h1-9,11,21-23,29,34,54H,10,12-20,24-28,47-48H2,(H,49,55,56)/b33-23+,38-22-. The van der Waals surface area contributed by atoms with E-state index in [0.717, 1.165) is 75.5 Å². The van der Waals surface area contributed by atoms with Crippen LogP contribution in [0.5, 0.6) is 5.75 Å². The number of phenols is 1. The van der Waals surface area contributed by atoms with E-state index in [1.54, 1.807) is 30.3 Å². The number of piperidine rings is 3. The molecular formula is C44H51Cl2N7O4. The highest BCUT2D eigenvalue weighted by molar-refractivity contribution is 6.42. The first-order valence-electron chi connectivity index (χ1n) is 20.0. The van der Waals surface area contributed by atoms with Crippen molar-refractivity contribution in [3.05, 3.63) is 111 Å². The monoisotopic (exact) mass is 811 g/mol. The molecule has 11 nitrogen and oxygen atoms in total. The number of carbonyl (C=O) groups excluding carboxylic acids is 3. The quantitative estimate of drug-likeness (QED) is 0.165. The van der Waals surface area contributed by atoms with E-state index >= 15 is 0 Å². The van der Waals surface area contributed by atoms with Crippen LogP contribution >= 0.6 is 23.2 Å². The van der Waals surface area contributed by atoms with Crippen molar-refractivity contribution in [3.8, 4) is 5.75 Å². The summed E-state index contributed by atoms with van der Waals surface area (Å²) in [7, 11) is 0. The maximum absolute atomic E-state index is 14.6. The summed E-state index contributed by atoms with van der Waals surface area (Å²) in [5.74, 6) is 0.234. The van der Waals surface area contributed by atoms with Gasteiger partial charge in [-0.3, -0.25) is 19.7 Å². The van der Waals surface area contributed by atoms with Gasteiger partial charge in [0.25, 0.3) is 0 Å². The summed E-state index contributed by atoms with van der Waals surface area (Å²) >= 11 is 12.9. The van der Waals surface area contributed by atoms with Crippen molar-refractivity contribution in [2.24, 2.45) is 22.8 Å². The molecule has 0 bridgehead atoms. The van der Waals surface area contributed by atoms with E-state index in [2.05, 4.69) is 37.0 Å². The van der Waals surface area contributed by atoms with Crippen LogP contribution in [0, 0.1) is 11.3 Å². The van der Waals surface area contributed by atoms with Crippen molar-refractivity contribution < 1.29 is 19.5 Å². The van der Waals surface area contributed by atoms with E-state index in [0.29, 0.717) is 66.0 Å². The first kappa shape index (κ1) is 39.1. The first-order chi connectivity index (χ1) is 27.5. The topological polar surface area (TPSA) is 148 Å². The van der Waals surface area contributed by atoms with Crippen LogP contribution in [0.3, 0.4) is 0 Å². The number of amides is 3. The van der Waals surface area contributed by atoms with E-state index < -0.39 is 5.41 Å². The highest BCUT2D eigenvalue weighted by atomic mass is 35.5. The summed E-state index contributed by atoms with van der Waals surface area (Å²) in [4.78, 5) is 47.7. The van der Waals surface area contributed by atoms with Gasteiger partial charge in [0.05, 0.1) is 27.1 Å². The van der Waals surface area contributed by atoms with E-state index in [1.807, 2.05) is 30.3 Å². The van der Waals surface area contributed by atoms with Crippen molar-refractivity contribution in [2.45, 2.75) is 49.9 Å². The molecule has 5 aliphatic rings. The fourth-order valence-electron chi connectivity index (χ4n) is 9.88. The lowest BCUT2D eigenvalue weighted by Gasteiger charge is -2.62. The van der Waals surface area contributed by atoms with Gasteiger partial charge in [0.15, 0.2) is 0 Å². The molecule has 1 atom stereocenters. The van der Waals surface area contributed by atoms with E-state index in [1.165, 1.54) is 11.9 Å². The van der Waals surface area contributed by atoms with E-state index in [4.69, 9.17) is 34.7 Å². The van der Waals surface area contributed by atoms with E-state index in [9.17, 15) is 19.5 Å². The highest BCUT2D eigenvalue weighted by Crippen LogP contribution is 2.46. The number of anilines is 1. The minimum absolute atomic E-state index is 0.0993. The third-order valence-electron chi connectivity index (χ3n) is 13.0. The number of allylic oxidation sites excluding steroid dienone is 1. The number of rotatable bonds is 9. The Hall–Kier alpha value is -4.71. The van der Waals surface area contributed by atoms with Crippen molar-refractivity contribution in [1.29, 1.82) is 0 Å². The van der Waals surface area contributed by atoms with Gasteiger partial charge in [0.1, 0.15) is 5.75 Å². The van der Waals surface area contributed by atoms with Gasteiger partial charge in [-0.15, -0.1) is 0 Å². The maximum Gasteiger partial charge on any atom is 0.234 e.